The topological polar surface area (TPSA) is 79.6 Å². The van der Waals surface area contributed by atoms with Crippen molar-refractivity contribution in [2.24, 2.45) is 5.73 Å². The van der Waals surface area contributed by atoms with Crippen LogP contribution in [0.3, 0.4) is 0 Å². The van der Waals surface area contributed by atoms with E-state index in [0.717, 1.165) is 25.2 Å². The van der Waals surface area contributed by atoms with E-state index in [2.05, 4.69) is 20.5 Å². The van der Waals surface area contributed by atoms with E-state index in [9.17, 15) is 0 Å². The molecule has 1 fully saturated rings. The molecule has 1 aromatic rings. The fourth-order valence-corrected chi connectivity index (χ4v) is 1.76. The largest absolute Gasteiger partial charge is 0.328 e. The lowest BCUT2D eigenvalue weighted by Crippen LogP contribution is -2.28. The van der Waals surface area contributed by atoms with Gasteiger partial charge in [-0.3, -0.25) is 5.10 Å². The predicted octanol–water partition coefficient (Wildman–Crippen LogP) is -0.226. The van der Waals surface area contributed by atoms with Gasteiger partial charge in [0.15, 0.2) is 0 Å². The number of rotatable bonds is 3. The van der Waals surface area contributed by atoms with Crippen LogP contribution in [0.1, 0.15) is 25.1 Å². The normalized spacial score (nSPS) is 28.1. The minimum atomic E-state index is 0.382. The Morgan fingerprint density at radius 1 is 1.62 bits per heavy atom. The summed E-state index contributed by atoms with van der Waals surface area (Å²) in [6.45, 7) is 0.761. The van der Waals surface area contributed by atoms with E-state index in [4.69, 9.17) is 5.73 Å². The van der Waals surface area contributed by atoms with Gasteiger partial charge in [0.05, 0.1) is 6.54 Å². The van der Waals surface area contributed by atoms with Crippen LogP contribution in [-0.4, -0.2) is 27.3 Å². The summed E-state index contributed by atoms with van der Waals surface area (Å²) in [5.74, 6) is 0.889. The third-order valence-corrected chi connectivity index (χ3v) is 2.50. The quantitative estimate of drug-likeness (QED) is 0.602. The Morgan fingerprint density at radius 2 is 2.54 bits per heavy atom. The summed E-state index contributed by atoms with van der Waals surface area (Å²) in [5, 5.41) is 10.00. The maximum Gasteiger partial charge on any atom is 0.138 e. The summed E-state index contributed by atoms with van der Waals surface area (Å²) in [6.07, 6.45) is 4.91. The van der Waals surface area contributed by atoms with Crippen LogP contribution >= 0.6 is 0 Å². The highest BCUT2D eigenvalue weighted by Crippen LogP contribution is 2.16. The molecule has 5 nitrogen and oxygen atoms in total. The van der Waals surface area contributed by atoms with E-state index in [0.29, 0.717) is 12.1 Å². The summed E-state index contributed by atoms with van der Waals surface area (Å²) < 4.78 is 0. The zero-order valence-electron chi connectivity index (χ0n) is 7.53. The Bertz CT molecular complexity index is 245. The molecular formula is C8H15N5. The van der Waals surface area contributed by atoms with Crippen molar-refractivity contribution in [1.82, 2.24) is 20.5 Å². The first-order valence-corrected chi connectivity index (χ1v) is 4.68. The molecule has 13 heavy (non-hydrogen) atoms. The van der Waals surface area contributed by atoms with Gasteiger partial charge in [0.25, 0.3) is 0 Å². The number of aromatic nitrogens is 3. The van der Waals surface area contributed by atoms with E-state index < -0.39 is 0 Å². The van der Waals surface area contributed by atoms with Gasteiger partial charge in [0, 0.05) is 12.1 Å². The molecule has 2 unspecified atom stereocenters. The Morgan fingerprint density at radius 3 is 3.15 bits per heavy atom. The molecule has 1 heterocycles. The Balaban J connectivity index is 1.74. The van der Waals surface area contributed by atoms with Crippen molar-refractivity contribution in [3.8, 4) is 0 Å². The molecular weight excluding hydrogens is 166 g/mol. The first kappa shape index (κ1) is 8.65. The highest BCUT2D eigenvalue weighted by Gasteiger charge is 2.20. The van der Waals surface area contributed by atoms with Gasteiger partial charge in [-0.1, -0.05) is 0 Å². The summed E-state index contributed by atoms with van der Waals surface area (Å²) in [7, 11) is 0. The molecule has 1 saturated carbocycles. The SMILES string of the molecule is NC1CCC(NCc2ncn[nH]2)C1. The number of nitrogens with one attached hydrogen (secondary N) is 2. The molecule has 0 saturated heterocycles. The Kier molecular flexibility index (Phi) is 2.56. The van der Waals surface area contributed by atoms with Gasteiger partial charge in [-0.2, -0.15) is 5.10 Å². The molecule has 2 atom stereocenters. The maximum absolute atomic E-state index is 5.80. The van der Waals surface area contributed by atoms with Crippen LogP contribution in [0.5, 0.6) is 0 Å². The molecule has 4 N–H and O–H groups in total. The van der Waals surface area contributed by atoms with E-state index in [1.807, 2.05) is 0 Å². The second-order valence-corrected chi connectivity index (χ2v) is 3.58. The predicted molar refractivity (Wildman–Crippen MR) is 48.8 cm³/mol. The lowest BCUT2D eigenvalue weighted by Gasteiger charge is -2.09. The van der Waals surface area contributed by atoms with Crippen LogP contribution in [0.2, 0.25) is 0 Å². The Labute approximate surface area is 77.1 Å². The molecule has 5 heteroatoms. The molecule has 0 spiro atoms. The highest BCUT2D eigenvalue weighted by molar-refractivity contribution is 4.86. The van der Waals surface area contributed by atoms with Crippen LogP contribution in [0.4, 0.5) is 0 Å². The van der Waals surface area contributed by atoms with Gasteiger partial charge in [0.2, 0.25) is 0 Å². The van der Waals surface area contributed by atoms with Gasteiger partial charge >= 0.3 is 0 Å². The second kappa shape index (κ2) is 3.85. The average Bonchev–Trinajstić information content (AvgIpc) is 2.71. The molecule has 0 bridgehead atoms. The standard InChI is InChI=1S/C8H15N5/c9-6-1-2-7(3-6)10-4-8-11-5-12-13-8/h5-7,10H,1-4,9H2,(H,11,12,13). The summed E-state index contributed by atoms with van der Waals surface area (Å²) >= 11 is 0. The van der Waals surface area contributed by atoms with Crippen molar-refractivity contribution in [2.75, 3.05) is 0 Å². The second-order valence-electron chi connectivity index (χ2n) is 3.58. The number of nitrogens with zero attached hydrogens (tertiary/aromatic N) is 2. The summed E-state index contributed by atoms with van der Waals surface area (Å²) in [4.78, 5) is 4.04. The molecule has 1 aliphatic carbocycles. The van der Waals surface area contributed by atoms with E-state index in [1.165, 1.54) is 12.7 Å². The van der Waals surface area contributed by atoms with Crippen molar-refractivity contribution in [2.45, 2.75) is 37.9 Å². The number of nitrogens with two attached hydrogens (primary N) is 1. The van der Waals surface area contributed by atoms with Crippen molar-refractivity contribution < 1.29 is 0 Å². The van der Waals surface area contributed by atoms with Crippen LogP contribution in [0, 0.1) is 0 Å². The van der Waals surface area contributed by atoms with Crippen LogP contribution in [0.15, 0.2) is 6.33 Å². The van der Waals surface area contributed by atoms with Crippen LogP contribution < -0.4 is 11.1 Å². The van der Waals surface area contributed by atoms with Crippen molar-refractivity contribution in [3.05, 3.63) is 12.2 Å². The van der Waals surface area contributed by atoms with Crippen LogP contribution in [-0.2, 0) is 6.54 Å². The van der Waals surface area contributed by atoms with Gasteiger partial charge in [-0.05, 0) is 19.3 Å². The number of aromatic amines is 1. The van der Waals surface area contributed by atoms with Crippen molar-refractivity contribution in [1.29, 1.82) is 0 Å². The first-order valence-electron chi connectivity index (χ1n) is 4.68. The highest BCUT2D eigenvalue weighted by atomic mass is 15.2. The minimum absolute atomic E-state index is 0.382. The van der Waals surface area contributed by atoms with Gasteiger partial charge in [0.1, 0.15) is 12.2 Å². The first-order chi connectivity index (χ1) is 6.34. The zero-order chi connectivity index (χ0) is 9.10. The maximum atomic E-state index is 5.80. The van der Waals surface area contributed by atoms with Crippen LogP contribution in [0.25, 0.3) is 0 Å². The molecule has 0 amide bonds. The molecule has 72 valence electrons. The van der Waals surface area contributed by atoms with E-state index in [1.54, 1.807) is 0 Å². The monoisotopic (exact) mass is 181 g/mol. The van der Waals surface area contributed by atoms with E-state index in [-0.39, 0.29) is 0 Å². The minimum Gasteiger partial charge on any atom is -0.328 e. The fourth-order valence-electron chi connectivity index (χ4n) is 1.76. The summed E-state index contributed by atoms with van der Waals surface area (Å²) in [6, 6.07) is 0.937. The Hall–Kier alpha value is -0.940. The average molecular weight is 181 g/mol. The number of H-pyrrole nitrogens is 1. The lowest BCUT2D eigenvalue weighted by atomic mass is 10.2. The third-order valence-electron chi connectivity index (χ3n) is 2.50. The van der Waals surface area contributed by atoms with E-state index >= 15 is 0 Å². The molecule has 0 aromatic carbocycles. The van der Waals surface area contributed by atoms with Crippen molar-refractivity contribution >= 4 is 0 Å². The van der Waals surface area contributed by atoms with Gasteiger partial charge in [-0.15, -0.1) is 0 Å². The molecule has 0 aliphatic heterocycles. The zero-order valence-corrected chi connectivity index (χ0v) is 7.53. The number of hydrogen-bond donors (Lipinski definition) is 3. The lowest BCUT2D eigenvalue weighted by molar-refractivity contribution is 0.507. The van der Waals surface area contributed by atoms with Crippen molar-refractivity contribution in [3.63, 3.8) is 0 Å². The third kappa shape index (κ3) is 2.26. The fraction of sp³-hybridized carbons (Fsp3) is 0.750. The summed E-state index contributed by atoms with van der Waals surface area (Å²) in [5.41, 5.74) is 5.80. The smallest absolute Gasteiger partial charge is 0.138 e. The number of hydrogen-bond acceptors (Lipinski definition) is 4. The van der Waals surface area contributed by atoms with Gasteiger partial charge < -0.3 is 11.1 Å². The molecule has 1 aliphatic rings. The molecule has 2 rings (SSSR count). The molecule has 0 radical (unpaired) electrons. The molecule has 1 aromatic heterocycles. The van der Waals surface area contributed by atoms with Gasteiger partial charge in [-0.25, -0.2) is 4.98 Å².